The van der Waals surface area contributed by atoms with Gasteiger partial charge in [0.05, 0.1) is 22.3 Å². The number of hydrogen-bond acceptors (Lipinski definition) is 2. The average molecular weight is 781 g/mol. The van der Waals surface area contributed by atoms with Crippen molar-refractivity contribution in [3.63, 3.8) is 0 Å². The Kier molecular flexibility index (Phi) is 8.40. The molecule has 9 aromatic rings. The van der Waals surface area contributed by atoms with Crippen molar-refractivity contribution < 1.29 is 4.42 Å². The number of imidazole rings is 1. The number of para-hydroxylation sites is 3. The summed E-state index contributed by atoms with van der Waals surface area (Å²) in [6, 6.07) is 53.6. The molecule has 3 heteroatoms. The lowest BCUT2D eigenvalue weighted by atomic mass is 9.52. The summed E-state index contributed by atoms with van der Waals surface area (Å²) in [4.78, 5) is 5.47. The molecule has 3 aliphatic rings. The topological polar surface area (TPSA) is 31.0 Å². The van der Waals surface area contributed by atoms with Gasteiger partial charge < -0.3 is 4.42 Å². The lowest BCUT2D eigenvalue weighted by molar-refractivity contribution is 0.188. The van der Waals surface area contributed by atoms with Crippen LogP contribution in [0.4, 0.5) is 0 Å². The predicted molar refractivity (Wildman–Crippen MR) is 251 cm³/mol. The zero-order valence-corrected chi connectivity index (χ0v) is 35.6. The highest BCUT2D eigenvalue weighted by molar-refractivity contribution is 6.10. The Morgan fingerprint density at radius 2 is 1.10 bits per heavy atom. The van der Waals surface area contributed by atoms with Gasteiger partial charge >= 0.3 is 0 Å². The molecule has 7 aromatic carbocycles. The van der Waals surface area contributed by atoms with E-state index in [1.807, 2.05) is 0 Å². The SMILES string of the molecule is CC(C)c1cc(-c2cc3c(cc2-c2ccccc2)C2(C)CCC3(C)CC2)cc(C(C)C)c1-n1c(-c2cccc3c2oc2cc(-c4ccccc4)ccc23)nc2ccccc21. The van der Waals surface area contributed by atoms with Gasteiger partial charge in [0.1, 0.15) is 17.0 Å². The lowest BCUT2D eigenvalue weighted by Crippen LogP contribution is -2.44. The average Bonchev–Trinajstić information content (AvgIpc) is 3.85. The number of nitrogens with zero attached hydrogens (tertiary/aromatic N) is 2. The fraction of sp³-hybridized carbons (Fsp3) is 0.246. The van der Waals surface area contributed by atoms with Gasteiger partial charge in [-0.2, -0.15) is 0 Å². The standard InChI is InChI=1S/C57H52N2O/c1-35(2)44-30-40(47-34-49-48(33-46(47)38-18-11-8-12-19-38)56(5)26-28-57(49,6)29-27-56)31-45(36(3)4)53(44)59-51-23-14-13-22-50(51)58-55(59)43-21-15-20-42-41-25-24-39(32-52(41)60-54(42)43)37-16-9-7-10-17-37/h7-25,30-36H,26-29H2,1-6H3. The van der Waals surface area contributed by atoms with E-state index in [1.54, 1.807) is 11.1 Å². The molecule has 2 aromatic heterocycles. The molecule has 0 unspecified atom stereocenters. The first kappa shape index (κ1) is 36.9. The largest absolute Gasteiger partial charge is 0.455 e. The fourth-order valence-electron chi connectivity index (χ4n) is 10.8. The second-order valence-electron chi connectivity index (χ2n) is 18.9. The van der Waals surface area contributed by atoms with Gasteiger partial charge in [0.25, 0.3) is 0 Å². The van der Waals surface area contributed by atoms with Crippen LogP contribution < -0.4 is 0 Å². The van der Waals surface area contributed by atoms with E-state index >= 15 is 0 Å². The molecule has 1 saturated carbocycles. The van der Waals surface area contributed by atoms with Crippen molar-refractivity contribution in [3.05, 3.63) is 168 Å². The van der Waals surface area contributed by atoms with Crippen molar-refractivity contribution in [2.24, 2.45) is 0 Å². The molecule has 0 amide bonds. The number of benzene rings is 7. The number of hydrogen-bond donors (Lipinski definition) is 0. The number of fused-ring (bicyclic) bond motifs is 6. The highest BCUT2D eigenvalue weighted by Crippen LogP contribution is 2.58. The summed E-state index contributed by atoms with van der Waals surface area (Å²) >= 11 is 0. The monoisotopic (exact) mass is 780 g/mol. The molecule has 0 aliphatic heterocycles. The van der Waals surface area contributed by atoms with E-state index in [9.17, 15) is 0 Å². The Labute approximate surface area is 353 Å². The van der Waals surface area contributed by atoms with Crippen LogP contribution in [0.1, 0.15) is 101 Å². The third-order valence-corrected chi connectivity index (χ3v) is 14.4. The molecular weight excluding hydrogens is 729 g/mol. The van der Waals surface area contributed by atoms with Crippen LogP contribution in [0.25, 0.3) is 83.4 Å². The summed E-state index contributed by atoms with van der Waals surface area (Å²) in [5, 5.41) is 2.21. The third kappa shape index (κ3) is 5.65. The summed E-state index contributed by atoms with van der Waals surface area (Å²) in [6.07, 6.45) is 5.06. The smallest absolute Gasteiger partial charge is 0.149 e. The van der Waals surface area contributed by atoms with E-state index < -0.39 is 0 Å². The van der Waals surface area contributed by atoms with Gasteiger partial charge in [0.15, 0.2) is 0 Å². The maximum Gasteiger partial charge on any atom is 0.149 e. The van der Waals surface area contributed by atoms with Gasteiger partial charge in [0.2, 0.25) is 0 Å². The number of aromatic nitrogens is 2. The minimum atomic E-state index is 0.212. The predicted octanol–water partition coefficient (Wildman–Crippen LogP) is 15.9. The van der Waals surface area contributed by atoms with E-state index in [1.165, 1.54) is 70.3 Å². The summed E-state index contributed by atoms with van der Waals surface area (Å²) in [5.74, 6) is 1.39. The van der Waals surface area contributed by atoms with E-state index in [0.29, 0.717) is 0 Å². The second kappa shape index (κ2) is 13.7. The Morgan fingerprint density at radius 3 is 1.73 bits per heavy atom. The maximum atomic E-state index is 6.90. The van der Waals surface area contributed by atoms with E-state index in [0.717, 1.165) is 49.9 Å². The molecule has 3 aliphatic carbocycles. The van der Waals surface area contributed by atoms with Gasteiger partial charge in [-0.1, -0.05) is 133 Å². The summed E-state index contributed by atoms with van der Waals surface area (Å²) < 4.78 is 9.35. The van der Waals surface area contributed by atoms with Crippen molar-refractivity contribution in [3.8, 4) is 50.5 Å². The van der Waals surface area contributed by atoms with Crippen LogP contribution >= 0.6 is 0 Å². The van der Waals surface area contributed by atoms with Crippen LogP contribution in [0.2, 0.25) is 0 Å². The summed E-state index contributed by atoms with van der Waals surface area (Å²) in [6.45, 7) is 14.4. The summed E-state index contributed by atoms with van der Waals surface area (Å²) in [5.41, 5.74) is 19.8. The van der Waals surface area contributed by atoms with Gasteiger partial charge in [-0.3, -0.25) is 4.57 Å². The van der Waals surface area contributed by atoms with Crippen molar-refractivity contribution in [2.45, 2.75) is 89.9 Å². The first-order chi connectivity index (χ1) is 29.1. The van der Waals surface area contributed by atoms with Gasteiger partial charge in [-0.05, 0) is 159 Å². The maximum absolute atomic E-state index is 6.90. The van der Waals surface area contributed by atoms with E-state index in [4.69, 9.17) is 9.40 Å². The molecule has 60 heavy (non-hydrogen) atoms. The van der Waals surface area contributed by atoms with Crippen molar-refractivity contribution >= 4 is 33.0 Å². The fourth-order valence-corrected chi connectivity index (χ4v) is 10.8. The highest BCUT2D eigenvalue weighted by Gasteiger charge is 2.48. The number of rotatable bonds is 7. The molecule has 2 bridgehead atoms. The van der Waals surface area contributed by atoms with Crippen LogP contribution in [0.5, 0.6) is 0 Å². The van der Waals surface area contributed by atoms with Gasteiger partial charge in [-0.25, -0.2) is 4.98 Å². The van der Waals surface area contributed by atoms with Crippen LogP contribution in [0.15, 0.2) is 150 Å². The van der Waals surface area contributed by atoms with Gasteiger partial charge in [0, 0.05) is 10.8 Å². The first-order valence-electron chi connectivity index (χ1n) is 22.0. The summed E-state index contributed by atoms with van der Waals surface area (Å²) in [7, 11) is 0. The number of furan rings is 1. The molecule has 1 fully saturated rings. The third-order valence-electron chi connectivity index (χ3n) is 14.4. The lowest BCUT2D eigenvalue weighted by Gasteiger charge is -2.52. The Hall–Kier alpha value is -6.19. The molecule has 0 spiro atoms. The Bertz CT molecular complexity index is 3090. The van der Waals surface area contributed by atoms with Crippen molar-refractivity contribution in [1.29, 1.82) is 0 Å². The molecular formula is C57H52N2O. The van der Waals surface area contributed by atoms with Crippen LogP contribution in [0, 0.1) is 0 Å². The molecule has 296 valence electrons. The van der Waals surface area contributed by atoms with E-state index in [-0.39, 0.29) is 22.7 Å². The van der Waals surface area contributed by atoms with Crippen molar-refractivity contribution in [2.75, 3.05) is 0 Å². The minimum absolute atomic E-state index is 0.212. The molecule has 0 atom stereocenters. The molecule has 2 heterocycles. The molecule has 0 radical (unpaired) electrons. The molecule has 0 N–H and O–H groups in total. The van der Waals surface area contributed by atoms with Gasteiger partial charge in [-0.15, -0.1) is 0 Å². The Balaban J connectivity index is 1.16. The first-order valence-corrected chi connectivity index (χ1v) is 22.0. The van der Waals surface area contributed by atoms with Crippen LogP contribution in [0.3, 0.4) is 0 Å². The van der Waals surface area contributed by atoms with E-state index in [2.05, 4.69) is 192 Å². The normalized spacial score (nSPS) is 18.7. The molecule has 3 nitrogen and oxygen atoms in total. The van der Waals surface area contributed by atoms with Crippen molar-refractivity contribution in [1.82, 2.24) is 9.55 Å². The Morgan fingerprint density at radius 1 is 0.517 bits per heavy atom. The quantitative estimate of drug-likeness (QED) is 0.161. The zero-order valence-electron chi connectivity index (χ0n) is 35.6. The highest BCUT2D eigenvalue weighted by atomic mass is 16.3. The molecule has 0 saturated heterocycles. The molecule has 12 rings (SSSR count). The van der Waals surface area contributed by atoms with Crippen LogP contribution in [-0.2, 0) is 10.8 Å². The minimum Gasteiger partial charge on any atom is -0.455 e. The van der Waals surface area contributed by atoms with Crippen LogP contribution in [-0.4, -0.2) is 9.55 Å². The second-order valence-corrected chi connectivity index (χ2v) is 18.9. The zero-order chi connectivity index (χ0) is 40.9.